The Bertz CT molecular complexity index is 1060. The Labute approximate surface area is 363 Å². The van der Waals surface area contributed by atoms with Gasteiger partial charge in [-0.05, 0) is 51.4 Å². The van der Waals surface area contributed by atoms with E-state index >= 15 is 0 Å². The van der Waals surface area contributed by atoms with Gasteiger partial charge in [0.15, 0.2) is 6.10 Å². The number of allylic oxidation sites excluding steroid dienone is 6. The minimum absolute atomic E-state index is 0.0501. The lowest BCUT2D eigenvalue weighted by molar-refractivity contribution is -0.161. The van der Waals surface area contributed by atoms with Crippen molar-refractivity contribution < 1.29 is 37.6 Å². The molecule has 0 aliphatic heterocycles. The van der Waals surface area contributed by atoms with Crippen LogP contribution in [0.4, 0.5) is 0 Å². The van der Waals surface area contributed by atoms with Crippen molar-refractivity contribution >= 4 is 19.8 Å². The lowest BCUT2D eigenvalue weighted by Gasteiger charge is -2.19. The highest BCUT2D eigenvalue weighted by Gasteiger charge is 2.26. The van der Waals surface area contributed by atoms with Crippen LogP contribution in [0, 0.1) is 0 Å². The van der Waals surface area contributed by atoms with E-state index in [9.17, 15) is 19.0 Å². The number of rotatable bonds is 46. The van der Waals surface area contributed by atoms with Crippen molar-refractivity contribution in [2.24, 2.45) is 5.73 Å². The molecule has 3 N–H and O–H groups in total. The summed E-state index contributed by atoms with van der Waals surface area (Å²) in [6.07, 6.45) is 51.8. The van der Waals surface area contributed by atoms with Gasteiger partial charge in [-0.3, -0.25) is 18.6 Å². The highest BCUT2D eigenvalue weighted by molar-refractivity contribution is 7.47. The lowest BCUT2D eigenvalue weighted by Crippen LogP contribution is -2.29. The van der Waals surface area contributed by atoms with E-state index in [1.54, 1.807) is 0 Å². The zero-order valence-electron chi connectivity index (χ0n) is 38.2. The predicted octanol–water partition coefficient (Wildman–Crippen LogP) is 14.5. The fraction of sp³-hybridized carbons (Fsp3) is 0.837. The summed E-state index contributed by atoms with van der Waals surface area (Å²) in [5.74, 6) is -0.845. The first-order valence-corrected chi connectivity index (χ1v) is 26.0. The number of phosphoric ester groups is 1. The second-order valence-electron chi connectivity index (χ2n) is 16.3. The third kappa shape index (κ3) is 45.6. The molecule has 0 aliphatic carbocycles. The molecule has 10 heteroatoms. The molecular formula is C49H92NO8P. The van der Waals surface area contributed by atoms with Gasteiger partial charge in [-0.2, -0.15) is 0 Å². The highest BCUT2D eigenvalue weighted by atomic mass is 31.2. The summed E-state index contributed by atoms with van der Waals surface area (Å²) in [4.78, 5) is 35.0. The van der Waals surface area contributed by atoms with Crippen LogP contribution in [0.15, 0.2) is 36.5 Å². The molecule has 0 heterocycles. The van der Waals surface area contributed by atoms with Gasteiger partial charge in [0.05, 0.1) is 13.2 Å². The molecule has 346 valence electrons. The summed E-state index contributed by atoms with van der Waals surface area (Å²) in [6.45, 7) is 3.71. The molecule has 0 rings (SSSR count). The second-order valence-corrected chi connectivity index (χ2v) is 17.8. The molecule has 0 saturated carbocycles. The number of nitrogens with two attached hydrogens (primary N) is 1. The Kier molecular flexibility index (Phi) is 44.4. The zero-order chi connectivity index (χ0) is 43.2. The topological polar surface area (TPSA) is 134 Å². The average molecular weight is 854 g/mol. The number of hydrogen-bond donors (Lipinski definition) is 2. The van der Waals surface area contributed by atoms with Crippen molar-refractivity contribution in [1.82, 2.24) is 0 Å². The van der Waals surface area contributed by atoms with Gasteiger partial charge in [-0.25, -0.2) is 4.57 Å². The largest absolute Gasteiger partial charge is 0.472 e. The second kappa shape index (κ2) is 45.7. The van der Waals surface area contributed by atoms with Crippen LogP contribution in [-0.2, 0) is 32.7 Å². The van der Waals surface area contributed by atoms with E-state index in [2.05, 4.69) is 50.3 Å². The zero-order valence-corrected chi connectivity index (χ0v) is 39.1. The van der Waals surface area contributed by atoms with Gasteiger partial charge in [0.1, 0.15) is 6.61 Å². The molecule has 0 radical (unpaired) electrons. The van der Waals surface area contributed by atoms with Crippen LogP contribution in [0.2, 0.25) is 0 Å². The summed E-state index contributed by atoms with van der Waals surface area (Å²) in [7, 11) is -4.38. The van der Waals surface area contributed by atoms with Gasteiger partial charge < -0.3 is 20.1 Å². The van der Waals surface area contributed by atoms with Gasteiger partial charge >= 0.3 is 19.8 Å². The van der Waals surface area contributed by atoms with E-state index in [0.717, 1.165) is 57.8 Å². The smallest absolute Gasteiger partial charge is 0.462 e. The molecule has 0 saturated heterocycles. The number of hydrogen-bond acceptors (Lipinski definition) is 8. The van der Waals surface area contributed by atoms with E-state index in [0.29, 0.717) is 6.42 Å². The lowest BCUT2D eigenvalue weighted by atomic mass is 10.0. The molecule has 0 aliphatic rings. The summed E-state index contributed by atoms with van der Waals surface area (Å²) in [5.41, 5.74) is 5.36. The molecule has 0 amide bonds. The monoisotopic (exact) mass is 854 g/mol. The van der Waals surface area contributed by atoms with Crippen LogP contribution < -0.4 is 5.73 Å². The number of carbonyl (C=O) groups excluding carboxylic acids is 2. The molecule has 9 nitrogen and oxygen atoms in total. The molecule has 0 fully saturated rings. The third-order valence-corrected chi connectivity index (χ3v) is 11.5. The fourth-order valence-electron chi connectivity index (χ4n) is 6.88. The van der Waals surface area contributed by atoms with Crippen LogP contribution in [0.25, 0.3) is 0 Å². The van der Waals surface area contributed by atoms with Gasteiger partial charge in [0.25, 0.3) is 0 Å². The number of unbranched alkanes of at least 4 members (excludes halogenated alkanes) is 27. The van der Waals surface area contributed by atoms with Crippen molar-refractivity contribution in [2.75, 3.05) is 26.4 Å². The third-order valence-electron chi connectivity index (χ3n) is 10.5. The van der Waals surface area contributed by atoms with E-state index in [-0.39, 0.29) is 38.6 Å². The van der Waals surface area contributed by atoms with E-state index in [4.69, 9.17) is 24.3 Å². The first-order chi connectivity index (χ1) is 28.8. The number of phosphoric acid groups is 1. The van der Waals surface area contributed by atoms with Crippen molar-refractivity contribution in [3.05, 3.63) is 36.5 Å². The number of ether oxygens (including phenoxy) is 2. The Morgan fingerprint density at radius 2 is 0.881 bits per heavy atom. The van der Waals surface area contributed by atoms with Crippen molar-refractivity contribution in [3.8, 4) is 0 Å². The van der Waals surface area contributed by atoms with Crippen molar-refractivity contribution in [1.29, 1.82) is 0 Å². The maximum atomic E-state index is 12.6. The van der Waals surface area contributed by atoms with Crippen LogP contribution in [-0.4, -0.2) is 49.3 Å². The molecule has 1 unspecified atom stereocenters. The molecule has 0 aromatic heterocycles. The standard InChI is InChI=1S/C49H92NO8P/c1-3-5-7-9-11-13-15-17-19-21-22-23-24-26-27-29-31-33-35-37-39-41-48(51)55-45-47(46-57-59(53,54)56-44-43-50)58-49(52)42-40-38-36-34-32-30-28-25-20-18-16-14-12-10-8-6-4-2/h12,14,18,20,28,30,47H,3-11,13,15-17,19,21-27,29,31-46,50H2,1-2H3,(H,53,54)/t47-/m1/s1. The van der Waals surface area contributed by atoms with Crippen molar-refractivity contribution in [2.45, 2.75) is 238 Å². The summed E-state index contributed by atoms with van der Waals surface area (Å²) >= 11 is 0. The maximum Gasteiger partial charge on any atom is 0.472 e. The molecule has 59 heavy (non-hydrogen) atoms. The van der Waals surface area contributed by atoms with Gasteiger partial charge in [0, 0.05) is 19.4 Å². The summed E-state index contributed by atoms with van der Waals surface area (Å²) in [5, 5.41) is 0. The molecule has 0 bridgehead atoms. The predicted molar refractivity (Wildman–Crippen MR) is 247 cm³/mol. The number of carbonyl (C=O) groups is 2. The summed E-state index contributed by atoms with van der Waals surface area (Å²) in [6, 6.07) is 0. The van der Waals surface area contributed by atoms with Gasteiger partial charge in [-0.1, -0.05) is 204 Å². The van der Waals surface area contributed by atoms with Crippen LogP contribution in [0.5, 0.6) is 0 Å². The van der Waals surface area contributed by atoms with Crippen LogP contribution in [0.3, 0.4) is 0 Å². The molecule has 0 aromatic carbocycles. The first kappa shape index (κ1) is 57.2. The number of esters is 2. The van der Waals surface area contributed by atoms with Gasteiger partial charge in [0.2, 0.25) is 0 Å². The van der Waals surface area contributed by atoms with Crippen molar-refractivity contribution in [3.63, 3.8) is 0 Å². The fourth-order valence-corrected chi connectivity index (χ4v) is 7.64. The van der Waals surface area contributed by atoms with Gasteiger partial charge in [-0.15, -0.1) is 0 Å². The quantitative estimate of drug-likeness (QED) is 0.0265. The minimum atomic E-state index is -4.38. The maximum absolute atomic E-state index is 12.6. The Morgan fingerprint density at radius 1 is 0.508 bits per heavy atom. The Balaban J connectivity index is 4.07. The van der Waals surface area contributed by atoms with Crippen LogP contribution >= 0.6 is 7.82 Å². The summed E-state index contributed by atoms with van der Waals surface area (Å²) < 4.78 is 32.9. The SMILES string of the molecule is CCCCCC=CCC=CCC=CCCCCCCC(=O)O[C@H](COC(=O)CCCCCCCCCCCCCCCCCCCCCCC)COP(=O)(O)OCCN. The van der Waals surface area contributed by atoms with E-state index in [1.807, 2.05) is 0 Å². The first-order valence-electron chi connectivity index (χ1n) is 24.5. The molecular weight excluding hydrogens is 762 g/mol. The highest BCUT2D eigenvalue weighted by Crippen LogP contribution is 2.43. The average Bonchev–Trinajstić information content (AvgIpc) is 3.22. The van der Waals surface area contributed by atoms with Crippen LogP contribution in [0.1, 0.15) is 232 Å². The minimum Gasteiger partial charge on any atom is -0.462 e. The molecule has 0 aromatic rings. The normalized spacial score (nSPS) is 13.5. The van der Waals surface area contributed by atoms with E-state index < -0.39 is 26.5 Å². The van der Waals surface area contributed by atoms with E-state index in [1.165, 1.54) is 141 Å². The molecule has 0 spiro atoms. The Morgan fingerprint density at radius 3 is 1.34 bits per heavy atom. The Hall–Kier alpha value is -1.77. The molecule has 2 atom stereocenters.